The van der Waals surface area contributed by atoms with Crippen LogP contribution < -0.4 is 0 Å². The van der Waals surface area contributed by atoms with Crippen LogP contribution in [0.25, 0.3) is 22.5 Å². The minimum absolute atomic E-state index is 0.984. The fourth-order valence-corrected chi connectivity index (χ4v) is 2.75. The van der Waals surface area contributed by atoms with Gasteiger partial charge in [-0.3, -0.25) is 0 Å². The summed E-state index contributed by atoms with van der Waals surface area (Å²) in [4.78, 5) is 4.80. The first-order valence-corrected chi connectivity index (χ1v) is 7.33. The molecule has 3 aromatic rings. The molecule has 0 spiro atoms. The third-order valence-corrected chi connectivity index (χ3v) is 4.01. The lowest BCUT2D eigenvalue weighted by Crippen LogP contribution is -1.90. The van der Waals surface area contributed by atoms with Crippen molar-refractivity contribution in [3.05, 3.63) is 76.8 Å². The molecule has 0 amide bonds. The quantitative estimate of drug-likeness (QED) is 0.608. The van der Waals surface area contributed by atoms with Crippen molar-refractivity contribution in [2.24, 2.45) is 0 Å². The van der Waals surface area contributed by atoms with Crippen molar-refractivity contribution in [1.82, 2.24) is 4.98 Å². The molecule has 0 radical (unpaired) electrons. The van der Waals surface area contributed by atoms with Gasteiger partial charge < -0.3 is 0 Å². The summed E-state index contributed by atoms with van der Waals surface area (Å²) in [7, 11) is 0. The largest absolute Gasteiger partial charge is 0.248 e. The van der Waals surface area contributed by atoms with Gasteiger partial charge in [-0.15, -0.1) is 0 Å². The van der Waals surface area contributed by atoms with E-state index >= 15 is 0 Å². The van der Waals surface area contributed by atoms with Crippen molar-refractivity contribution in [3.63, 3.8) is 0 Å². The molecule has 20 heavy (non-hydrogen) atoms. The van der Waals surface area contributed by atoms with Gasteiger partial charge in [0.05, 0.1) is 11.4 Å². The van der Waals surface area contributed by atoms with Gasteiger partial charge in [-0.2, -0.15) is 0 Å². The van der Waals surface area contributed by atoms with Crippen LogP contribution in [0.2, 0.25) is 0 Å². The van der Waals surface area contributed by atoms with Gasteiger partial charge in [0, 0.05) is 15.6 Å². The predicted octanol–water partition coefficient (Wildman–Crippen LogP) is 5.49. The third kappa shape index (κ3) is 2.52. The molecule has 0 saturated carbocycles. The molecule has 0 fully saturated rings. The number of hydrogen-bond acceptors (Lipinski definition) is 1. The first kappa shape index (κ1) is 13.1. The first-order chi connectivity index (χ1) is 9.75. The summed E-state index contributed by atoms with van der Waals surface area (Å²) in [6.45, 7) is 2.11. The van der Waals surface area contributed by atoms with E-state index in [-0.39, 0.29) is 0 Å². The molecule has 0 aliphatic carbocycles. The Hall–Kier alpha value is -1.93. The van der Waals surface area contributed by atoms with E-state index in [1.54, 1.807) is 0 Å². The van der Waals surface area contributed by atoms with E-state index in [9.17, 15) is 0 Å². The highest BCUT2D eigenvalue weighted by Crippen LogP contribution is 2.29. The SMILES string of the molecule is Cc1ccccc1-c1cccc(-c2ccccc2Br)n1. The summed E-state index contributed by atoms with van der Waals surface area (Å²) in [5, 5.41) is 0. The lowest BCUT2D eigenvalue weighted by Gasteiger charge is -2.08. The molecule has 0 aliphatic rings. The molecule has 1 nitrogen and oxygen atoms in total. The number of aromatic nitrogens is 1. The van der Waals surface area contributed by atoms with E-state index in [1.165, 1.54) is 11.1 Å². The van der Waals surface area contributed by atoms with Crippen molar-refractivity contribution in [2.75, 3.05) is 0 Å². The molecule has 0 bridgehead atoms. The van der Waals surface area contributed by atoms with Gasteiger partial charge in [0.15, 0.2) is 0 Å². The topological polar surface area (TPSA) is 12.9 Å². The van der Waals surface area contributed by atoms with E-state index in [0.29, 0.717) is 0 Å². The maximum atomic E-state index is 4.80. The standard InChI is InChI=1S/C18H14BrN/c1-13-7-2-3-8-14(13)17-11-6-12-18(20-17)15-9-4-5-10-16(15)19/h2-12H,1H3. The highest BCUT2D eigenvalue weighted by molar-refractivity contribution is 9.10. The number of nitrogens with zero attached hydrogens (tertiary/aromatic N) is 1. The summed E-state index contributed by atoms with van der Waals surface area (Å²) in [6.07, 6.45) is 0. The molecule has 2 aromatic carbocycles. The summed E-state index contributed by atoms with van der Waals surface area (Å²) in [5.41, 5.74) is 5.53. The average molecular weight is 324 g/mol. The summed E-state index contributed by atoms with van der Waals surface area (Å²) < 4.78 is 1.06. The maximum absolute atomic E-state index is 4.80. The first-order valence-electron chi connectivity index (χ1n) is 6.53. The highest BCUT2D eigenvalue weighted by atomic mass is 79.9. The lowest BCUT2D eigenvalue weighted by atomic mass is 10.0. The smallest absolute Gasteiger partial charge is 0.0720 e. The van der Waals surface area contributed by atoms with Crippen molar-refractivity contribution in [3.8, 4) is 22.5 Å². The average Bonchev–Trinajstić information content (AvgIpc) is 2.48. The molecule has 2 heteroatoms. The van der Waals surface area contributed by atoms with E-state index in [0.717, 1.165) is 21.4 Å². The van der Waals surface area contributed by atoms with Crippen LogP contribution in [0.15, 0.2) is 71.2 Å². The monoisotopic (exact) mass is 323 g/mol. The van der Waals surface area contributed by atoms with Crippen LogP contribution in [0.1, 0.15) is 5.56 Å². The van der Waals surface area contributed by atoms with Gasteiger partial charge in [-0.25, -0.2) is 4.98 Å². The Bertz CT molecular complexity index is 689. The van der Waals surface area contributed by atoms with Gasteiger partial charge in [0.25, 0.3) is 0 Å². The fraction of sp³-hybridized carbons (Fsp3) is 0.0556. The zero-order valence-corrected chi connectivity index (χ0v) is 12.8. The number of rotatable bonds is 2. The molecule has 1 heterocycles. The molecule has 0 unspecified atom stereocenters. The molecule has 3 rings (SSSR count). The number of pyridine rings is 1. The highest BCUT2D eigenvalue weighted by Gasteiger charge is 2.07. The van der Waals surface area contributed by atoms with Crippen molar-refractivity contribution >= 4 is 15.9 Å². The molecular weight excluding hydrogens is 310 g/mol. The van der Waals surface area contributed by atoms with Gasteiger partial charge in [0.2, 0.25) is 0 Å². The van der Waals surface area contributed by atoms with Crippen LogP contribution >= 0.6 is 15.9 Å². The lowest BCUT2D eigenvalue weighted by molar-refractivity contribution is 1.30. The Labute approximate surface area is 127 Å². The number of aryl methyl sites for hydroxylation is 1. The summed E-state index contributed by atoms with van der Waals surface area (Å²) in [6, 6.07) is 22.6. The Morgan fingerprint density at radius 3 is 2.00 bits per heavy atom. The summed E-state index contributed by atoms with van der Waals surface area (Å²) in [5.74, 6) is 0. The number of hydrogen-bond donors (Lipinski definition) is 0. The maximum Gasteiger partial charge on any atom is 0.0720 e. The van der Waals surface area contributed by atoms with E-state index in [1.807, 2.05) is 24.3 Å². The van der Waals surface area contributed by atoms with Crippen LogP contribution in [0.4, 0.5) is 0 Å². The van der Waals surface area contributed by atoms with E-state index in [2.05, 4.69) is 65.3 Å². The third-order valence-electron chi connectivity index (χ3n) is 3.32. The minimum atomic E-state index is 0.984. The van der Waals surface area contributed by atoms with Crippen molar-refractivity contribution in [1.29, 1.82) is 0 Å². The molecule has 98 valence electrons. The predicted molar refractivity (Wildman–Crippen MR) is 87.5 cm³/mol. The number of benzene rings is 2. The summed E-state index contributed by atoms with van der Waals surface area (Å²) >= 11 is 3.59. The van der Waals surface area contributed by atoms with Crippen LogP contribution in [-0.4, -0.2) is 4.98 Å². The van der Waals surface area contributed by atoms with Crippen molar-refractivity contribution < 1.29 is 0 Å². The Balaban J connectivity index is 2.12. The molecular formula is C18H14BrN. The fourth-order valence-electron chi connectivity index (χ4n) is 2.26. The Kier molecular flexibility index (Phi) is 3.66. The second-order valence-corrected chi connectivity index (χ2v) is 5.56. The number of halogens is 1. The van der Waals surface area contributed by atoms with Crippen LogP contribution in [-0.2, 0) is 0 Å². The minimum Gasteiger partial charge on any atom is -0.248 e. The molecule has 0 N–H and O–H groups in total. The molecule has 1 aromatic heterocycles. The van der Waals surface area contributed by atoms with Gasteiger partial charge in [-0.1, -0.05) is 64.5 Å². The van der Waals surface area contributed by atoms with Crippen LogP contribution in [0, 0.1) is 6.92 Å². The van der Waals surface area contributed by atoms with E-state index < -0.39 is 0 Å². The van der Waals surface area contributed by atoms with Crippen molar-refractivity contribution in [2.45, 2.75) is 6.92 Å². The zero-order chi connectivity index (χ0) is 13.9. The van der Waals surface area contributed by atoms with Crippen LogP contribution in [0.5, 0.6) is 0 Å². The Morgan fingerprint density at radius 2 is 1.30 bits per heavy atom. The zero-order valence-electron chi connectivity index (χ0n) is 11.2. The van der Waals surface area contributed by atoms with Gasteiger partial charge in [-0.05, 0) is 30.7 Å². The Morgan fingerprint density at radius 1 is 0.700 bits per heavy atom. The second kappa shape index (κ2) is 5.59. The van der Waals surface area contributed by atoms with Crippen LogP contribution in [0.3, 0.4) is 0 Å². The molecule has 0 saturated heterocycles. The molecule has 0 aliphatic heterocycles. The molecule has 0 atom stereocenters. The van der Waals surface area contributed by atoms with E-state index in [4.69, 9.17) is 4.98 Å². The normalized spacial score (nSPS) is 10.5. The second-order valence-electron chi connectivity index (χ2n) is 4.70. The van der Waals surface area contributed by atoms with Gasteiger partial charge >= 0.3 is 0 Å². The van der Waals surface area contributed by atoms with Gasteiger partial charge in [0.1, 0.15) is 0 Å².